The van der Waals surface area contributed by atoms with Gasteiger partial charge in [-0.15, -0.1) is 0 Å². The third-order valence-electron chi connectivity index (χ3n) is 3.93. The van der Waals surface area contributed by atoms with E-state index in [4.69, 9.17) is 0 Å². The Morgan fingerprint density at radius 2 is 2.11 bits per heavy atom. The summed E-state index contributed by atoms with van der Waals surface area (Å²) in [5.74, 6) is -0.383. The van der Waals surface area contributed by atoms with Crippen LogP contribution < -0.4 is 15.5 Å². The molecule has 2 amide bonds. The molecule has 2 heterocycles. The number of para-hydroxylation sites is 2. The Morgan fingerprint density at radius 1 is 1.32 bits per heavy atom. The summed E-state index contributed by atoms with van der Waals surface area (Å²) >= 11 is 0. The smallest absolute Gasteiger partial charge is 0.229 e. The lowest BCUT2D eigenvalue weighted by Gasteiger charge is -2.28. The van der Waals surface area contributed by atoms with Crippen LogP contribution in [0.1, 0.15) is 19.3 Å². The van der Waals surface area contributed by atoms with Crippen molar-refractivity contribution in [3.63, 3.8) is 0 Å². The van der Waals surface area contributed by atoms with Gasteiger partial charge in [0.05, 0.1) is 17.5 Å². The molecule has 0 aliphatic carbocycles. The minimum atomic E-state index is -0.155. The maximum Gasteiger partial charge on any atom is 0.229 e. The molecule has 1 aromatic carbocycles. The van der Waals surface area contributed by atoms with Crippen molar-refractivity contribution in [2.75, 3.05) is 17.3 Å². The fraction of sp³-hybridized carbons (Fsp3) is 0.429. The highest BCUT2D eigenvalue weighted by molar-refractivity contribution is 5.98. The molecule has 2 unspecified atom stereocenters. The lowest BCUT2D eigenvalue weighted by molar-refractivity contribution is -0.136. The van der Waals surface area contributed by atoms with Crippen LogP contribution in [0.3, 0.4) is 0 Å². The number of nitrogens with one attached hydrogen (secondary N) is 2. The second kappa shape index (κ2) is 4.57. The summed E-state index contributed by atoms with van der Waals surface area (Å²) in [6.07, 6.45) is 1.92. The van der Waals surface area contributed by atoms with Crippen LogP contribution in [-0.4, -0.2) is 25.0 Å². The Hall–Kier alpha value is -2.04. The molecule has 0 radical (unpaired) electrons. The number of hydrogen-bond acceptors (Lipinski definition) is 4. The monoisotopic (exact) mass is 259 g/mol. The minimum absolute atomic E-state index is 0.0908. The average molecular weight is 259 g/mol. The van der Waals surface area contributed by atoms with E-state index < -0.39 is 0 Å². The highest BCUT2D eigenvalue weighted by Crippen LogP contribution is 2.35. The number of fused-ring (bicyclic) bond motifs is 1. The molecule has 2 aliphatic heterocycles. The Balaban J connectivity index is 1.69. The first-order valence-electron chi connectivity index (χ1n) is 6.57. The SMILES string of the molecule is CN1c2ccccc2NC1CC1CCC(=O)NC1=O. The molecule has 2 aliphatic rings. The van der Waals surface area contributed by atoms with E-state index in [0.717, 1.165) is 11.4 Å². The average Bonchev–Trinajstić information content (AvgIpc) is 2.70. The third kappa shape index (κ3) is 2.16. The van der Waals surface area contributed by atoms with Gasteiger partial charge in [-0.2, -0.15) is 0 Å². The predicted molar refractivity (Wildman–Crippen MR) is 72.7 cm³/mol. The number of rotatable bonds is 2. The summed E-state index contributed by atoms with van der Waals surface area (Å²) in [5.41, 5.74) is 2.25. The van der Waals surface area contributed by atoms with Crippen LogP contribution in [0.15, 0.2) is 24.3 Å². The second-order valence-electron chi connectivity index (χ2n) is 5.17. The molecule has 19 heavy (non-hydrogen) atoms. The van der Waals surface area contributed by atoms with Crippen molar-refractivity contribution in [3.8, 4) is 0 Å². The molecule has 1 aromatic rings. The van der Waals surface area contributed by atoms with Gasteiger partial charge in [0, 0.05) is 19.4 Å². The van der Waals surface area contributed by atoms with Gasteiger partial charge in [0.15, 0.2) is 0 Å². The van der Waals surface area contributed by atoms with Crippen molar-refractivity contribution in [1.29, 1.82) is 0 Å². The van der Waals surface area contributed by atoms with E-state index in [1.807, 2.05) is 25.2 Å². The van der Waals surface area contributed by atoms with E-state index in [1.54, 1.807) is 0 Å². The predicted octanol–water partition coefficient (Wildman–Crippen LogP) is 1.32. The molecule has 5 heteroatoms. The molecule has 0 saturated carbocycles. The van der Waals surface area contributed by atoms with E-state index in [9.17, 15) is 9.59 Å². The maximum absolute atomic E-state index is 11.8. The van der Waals surface area contributed by atoms with E-state index in [-0.39, 0.29) is 23.9 Å². The van der Waals surface area contributed by atoms with Crippen molar-refractivity contribution in [1.82, 2.24) is 5.32 Å². The number of piperidine rings is 1. The van der Waals surface area contributed by atoms with Crippen molar-refractivity contribution in [2.24, 2.45) is 5.92 Å². The van der Waals surface area contributed by atoms with Crippen molar-refractivity contribution < 1.29 is 9.59 Å². The van der Waals surface area contributed by atoms with Gasteiger partial charge >= 0.3 is 0 Å². The third-order valence-corrected chi connectivity index (χ3v) is 3.93. The highest BCUT2D eigenvalue weighted by Gasteiger charge is 2.33. The summed E-state index contributed by atoms with van der Waals surface area (Å²) < 4.78 is 0. The zero-order valence-corrected chi connectivity index (χ0v) is 10.8. The summed E-state index contributed by atoms with van der Waals surface area (Å²) in [6.45, 7) is 0. The highest BCUT2D eigenvalue weighted by atomic mass is 16.2. The van der Waals surface area contributed by atoms with Gasteiger partial charge in [0.2, 0.25) is 11.8 Å². The first-order chi connectivity index (χ1) is 9.15. The second-order valence-corrected chi connectivity index (χ2v) is 5.17. The summed E-state index contributed by atoms with van der Waals surface area (Å²) in [7, 11) is 2.02. The molecule has 2 atom stereocenters. The van der Waals surface area contributed by atoms with E-state index in [2.05, 4.69) is 21.6 Å². The summed E-state index contributed by atoms with van der Waals surface area (Å²) in [5, 5.41) is 5.84. The normalized spacial score (nSPS) is 25.8. The zero-order valence-electron chi connectivity index (χ0n) is 10.8. The summed E-state index contributed by atoms with van der Waals surface area (Å²) in [6, 6.07) is 8.10. The molecule has 0 spiro atoms. The van der Waals surface area contributed by atoms with Crippen LogP contribution in [-0.2, 0) is 9.59 Å². The van der Waals surface area contributed by atoms with Crippen LogP contribution >= 0.6 is 0 Å². The van der Waals surface area contributed by atoms with Crippen molar-refractivity contribution in [2.45, 2.75) is 25.4 Å². The number of amides is 2. The van der Waals surface area contributed by atoms with Crippen molar-refractivity contribution >= 4 is 23.2 Å². The van der Waals surface area contributed by atoms with Gasteiger partial charge in [-0.1, -0.05) is 12.1 Å². The van der Waals surface area contributed by atoms with Crippen LogP contribution in [0.2, 0.25) is 0 Å². The first-order valence-corrected chi connectivity index (χ1v) is 6.57. The molecule has 5 nitrogen and oxygen atoms in total. The molecule has 2 N–H and O–H groups in total. The standard InChI is InChI=1S/C14H17N3O2/c1-17-11-5-3-2-4-10(11)15-12(17)8-9-6-7-13(18)16-14(9)19/h2-5,9,12,15H,6-8H2,1H3,(H,16,18,19). The first kappa shape index (κ1) is 12.0. The molecule has 0 bridgehead atoms. The number of benzene rings is 1. The molecule has 100 valence electrons. The number of nitrogens with zero attached hydrogens (tertiary/aromatic N) is 1. The largest absolute Gasteiger partial charge is 0.363 e. The van der Waals surface area contributed by atoms with Crippen LogP contribution in [0, 0.1) is 5.92 Å². The van der Waals surface area contributed by atoms with Gasteiger partial charge in [0.1, 0.15) is 0 Å². The quantitative estimate of drug-likeness (QED) is 0.786. The van der Waals surface area contributed by atoms with Gasteiger partial charge in [-0.05, 0) is 25.0 Å². The zero-order chi connectivity index (χ0) is 13.4. The molecule has 3 rings (SSSR count). The topological polar surface area (TPSA) is 61.4 Å². The van der Waals surface area contributed by atoms with Crippen LogP contribution in [0.5, 0.6) is 0 Å². The molecule has 0 aromatic heterocycles. The van der Waals surface area contributed by atoms with Crippen molar-refractivity contribution in [3.05, 3.63) is 24.3 Å². The lowest BCUT2D eigenvalue weighted by Crippen LogP contribution is -2.44. The van der Waals surface area contributed by atoms with Gasteiger partial charge in [0.25, 0.3) is 0 Å². The minimum Gasteiger partial charge on any atom is -0.363 e. The van der Waals surface area contributed by atoms with Gasteiger partial charge < -0.3 is 10.2 Å². The fourth-order valence-corrected chi connectivity index (χ4v) is 2.80. The number of hydrogen-bond donors (Lipinski definition) is 2. The Kier molecular flexibility index (Phi) is 2.89. The summed E-state index contributed by atoms with van der Waals surface area (Å²) in [4.78, 5) is 25.1. The van der Waals surface area contributed by atoms with E-state index in [0.29, 0.717) is 19.3 Å². The fourth-order valence-electron chi connectivity index (χ4n) is 2.80. The van der Waals surface area contributed by atoms with E-state index >= 15 is 0 Å². The molecule has 1 fully saturated rings. The Labute approximate surface area is 112 Å². The van der Waals surface area contributed by atoms with Crippen LogP contribution in [0.4, 0.5) is 11.4 Å². The lowest BCUT2D eigenvalue weighted by atomic mass is 9.93. The van der Waals surface area contributed by atoms with Gasteiger partial charge in [-0.25, -0.2) is 0 Å². The molecular weight excluding hydrogens is 242 g/mol. The maximum atomic E-state index is 11.8. The van der Waals surface area contributed by atoms with E-state index in [1.165, 1.54) is 0 Å². The number of anilines is 2. The number of carbonyl (C=O) groups is 2. The Morgan fingerprint density at radius 3 is 2.84 bits per heavy atom. The Bertz CT molecular complexity index is 529. The molecule has 1 saturated heterocycles. The van der Waals surface area contributed by atoms with Crippen LogP contribution in [0.25, 0.3) is 0 Å². The molecular formula is C14H17N3O2. The number of imide groups is 1. The van der Waals surface area contributed by atoms with Gasteiger partial charge in [-0.3, -0.25) is 14.9 Å². The number of carbonyl (C=O) groups excluding carboxylic acids is 2.